The average molecular weight is 443 g/mol. The predicted molar refractivity (Wildman–Crippen MR) is 117 cm³/mol. The van der Waals surface area contributed by atoms with Gasteiger partial charge < -0.3 is 4.90 Å². The molecule has 1 aromatic carbocycles. The highest BCUT2D eigenvalue weighted by Gasteiger charge is 2.34. The molecular weight excluding hydrogens is 416 g/mol. The second-order valence-corrected chi connectivity index (χ2v) is 10.2. The Morgan fingerprint density at radius 1 is 0.968 bits per heavy atom. The van der Waals surface area contributed by atoms with Crippen LogP contribution in [0.3, 0.4) is 0 Å². The van der Waals surface area contributed by atoms with Gasteiger partial charge in [0.2, 0.25) is 5.91 Å². The fourth-order valence-corrected chi connectivity index (χ4v) is 5.17. The lowest BCUT2D eigenvalue weighted by Crippen LogP contribution is -2.39. The van der Waals surface area contributed by atoms with Gasteiger partial charge in [-0.05, 0) is 24.6 Å². The van der Waals surface area contributed by atoms with Crippen molar-refractivity contribution in [3.63, 3.8) is 0 Å². The molecule has 0 radical (unpaired) electrons. The van der Waals surface area contributed by atoms with Crippen molar-refractivity contribution in [2.24, 2.45) is 0 Å². The van der Waals surface area contributed by atoms with Gasteiger partial charge in [0.25, 0.3) is 0 Å². The van der Waals surface area contributed by atoms with E-state index in [9.17, 15) is 18.0 Å². The smallest absolute Gasteiger partial charge is 0.311 e. The number of sulfone groups is 1. The Morgan fingerprint density at radius 3 is 2.32 bits per heavy atom. The molecule has 2 fully saturated rings. The number of hydrogen-bond donors (Lipinski definition) is 0. The molecule has 0 saturated carbocycles. The average Bonchev–Trinajstić information content (AvgIpc) is 3.02. The highest BCUT2D eigenvalue weighted by atomic mass is 32.2. The Hall–Kier alpha value is -2.78. The van der Waals surface area contributed by atoms with Gasteiger partial charge in [0.15, 0.2) is 9.84 Å². The van der Waals surface area contributed by atoms with E-state index in [-0.39, 0.29) is 30.0 Å². The molecular formula is C22H26N4O4S. The van der Waals surface area contributed by atoms with Crippen LogP contribution in [-0.4, -0.2) is 77.7 Å². The zero-order chi connectivity index (χ0) is 22.0. The fraction of sp³-hybridized carbons (Fsp3) is 0.409. The van der Waals surface area contributed by atoms with Crippen molar-refractivity contribution < 1.29 is 18.0 Å². The van der Waals surface area contributed by atoms with Crippen LogP contribution in [0, 0.1) is 0 Å². The van der Waals surface area contributed by atoms with Crippen molar-refractivity contribution in [1.82, 2.24) is 19.7 Å². The van der Waals surface area contributed by atoms with Crippen molar-refractivity contribution in [3.05, 3.63) is 53.7 Å². The van der Waals surface area contributed by atoms with Gasteiger partial charge in [0.05, 0.1) is 22.9 Å². The normalized spacial score (nSPS) is 19.3. The summed E-state index contributed by atoms with van der Waals surface area (Å²) in [4.78, 5) is 33.8. The van der Waals surface area contributed by atoms with Gasteiger partial charge in [-0.15, -0.1) is 0 Å². The largest absolute Gasteiger partial charge is 0.327 e. The minimum absolute atomic E-state index is 0.121. The molecule has 2 aliphatic rings. The standard InChI is InChI=1S/C22H26N4O4S/c1-2-26-21(27)16-25(22(26)28)14-17-6-8-18(9-7-17)20-5-3-4-19(23-20)15-24-10-12-31(29,30)13-11-24/h3-9H,2,10-16H2,1H3. The second-order valence-electron chi connectivity index (χ2n) is 7.92. The van der Waals surface area contributed by atoms with E-state index in [1.165, 1.54) is 4.90 Å². The first kappa shape index (κ1) is 21.5. The van der Waals surface area contributed by atoms with Crippen LogP contribution < -0.4 is 0 Å². The molecule has 0 unspecified atom stereocenters. The van der Waals surface area contributed by atoms with Crippen LogP contribution in [0.4, 0.5) is 4.79 Å². The van der Waals surface area contributed by atoms with Gasteiger partial charge in [-0.25, -0.2) is 13.2 Å². The zero-order valence-corrected chi connectivity index (χ0v) is 18.3. The number of imide groups is 1. The lowest BCUT2D eigenvalue weighted by atomic mass is 10.1. The monoisotopic (exact) mass is 442 g/mol. The van der Waals surface area contributed by atoms with Gasteiger partial charge in [0, 0.05) is 38.3 Å². The molecule has 0 aliphatic carbocycles. The number of benzene rings is 1. The molecule has 164 valence electrons. The Labute approximate surface area is 182 Å². The summed E-state index contributed by atoms with van der Waals surface area (Å²) in [5, 5.41) is 0. The number of pyridine rings is 1. The van der Waals surface area contributed by atoms with E-state index in [2.05, 4.69) is 4.90 Å². The molecule has 31 heavy (non-hydrogen) atoms. The van der Waals surface area contributed by atoms with E-state index in [0.717, 1.165) is 22.5 Å². The molecule has 3 heterocycles. The van der Waals surface area contributed by atoms with E-state index < -0.39 is 9.84 Å². The minimum Gasteiger partial charge on any atom is -0.311 e. The van der Waals surface area contributed by atoms with Gasteiger partial charge in [-0.2, -0.15) is 0 Å². The van der Waals surface area contributed by atoms with Crippen molar-refractivity contribution in [2.75, 3.05) is 37.7 Å². The number of likely N-dealkylation sites (N-methyl/N-ethyl adjacent to an activating group) is 1. The SMILES string of the molecule is CCN1C(=O)CN(Cc2ccc(-c3cccc(CN4CCS(=O)(=O)CC4)n3)cc2)C1=O. The molecule has 0 spiro atoms. The number of hydrogen-bond acceptors (Lipinski definition) is 6. The Kier molecular flexibility index (Phi) is 6.06. The van der Waals surface area contributed by atoms with E-state index in [1.807, 2.05) is 42.5 Å². The van der Waals surface area contributed by atoms with Crippen LogP contribution in [0.2, 0.25) is 0 Å². The molecule has 2 aromatic rings. The van der Waals surface area contributed by atoms with Crippen molar-refractivity contribution in [3.8, 4) is 11.3 Å². The Morgan fingerprint density at radius 2 is 1.68 bits per heavy atom. The lowest BCUT2D eigenvalue weighted by molar-refractivity contribution is -0.125. The third kappa shape index (κ3) is 4.94. The van der Waals surface area contributed by atoms with E-state index in [4.69, 9.17) is 4.98 Å². The maximum Gasteiger partial charge on any atom is 0.327 e. The molecule has 0 N–H and O–H groups in total. The molecule has 2 saturated heterocycles. The van der Waals surface area contributed by atoms with Crippen molar-refractivity contribution in [1.29, 1.82) is 0 Å². The van der Waals surface area contributed by atoms with Gasteiger partial charge in [-0.3, -0.25) is 19.6 Å². The molecule has 3 amide bonds. The Bertz CT molecular complexity index is 1070. The maximum atomic E-state index is 12.3. The molecule has 0 bridgehead atoms. The quantitative estimate of drug-likeness (QED) is 0.633. The molecule has 2 aliphatic heterocycles. The summed E-state index contributed by atoms with van der Waals surface area (Å²) in [7, 11) is -2.89. The third-order valence-corrected chi connectivity index (χ3v) is 7.31. The highest BCUT2D eigenvalue weighted by molar-refractivity contribution is 7.91. The van der Waals surface area contributed by atoms with Crippen LogP contribution in [0.15, 0.2) is 42.5 Å². The first-order valence-electron chi connectivity index (χ1n) is 10.4. The first-order chi connectivity index (χ1) is 14.8. The number of nitrogens with zero attached hydrogens (tertiary/aromatic N) is 4. The molecule has 4 rings (SSSR count). The van der Waals surface area contributed by atoms with Crippen LogP contribution in [0.25, 0.3) is 11.3 Å². The zero-order valence-electron chi connectivity index (χ0n) is 17.5. The van der Waals surface area contributed by atoms with Crippen LogP contribution in [-0.2, 0) is 27.7 Å². The van der Waals surface area contributed by atoms with Gasteiger partial charge in [-0.1, -0.05) is 30.3 Å². The number of carbonyl (C=O) groups excluding carboxylic acids is 2. The summed E-state index contributed by atoms with van der Waals surface area (Å²) in [6.45, 7) is 4.40. The first-order valence-corrected chi connectivity index (χ1v) is 12.2. The minimum atomic E-state index is -2.89. The summed E-state index contributed by atoms with van der Waals surface area (Å²) >= 11 is 0. The summed E-state index contributed by atoms with van der Waals surface area (Å²) in [6, 6.07) is 13.5. The van der Waals surface area contributed by atoms with E-state index in [0.29, 0.717) is 32.7 Å². The third-order valence-electron chi connectivity index (χ3n) is 5.70. The van der Waals surface area contributed by atoms with Crippen molar-refractivity contribution in [2.45, 2.75) is 20.0 Å². The van der Waals surface area contributed by atoms with Crippen LogP contribution >= 0.6 is 0 Å². The summed E-state index contributed by atoms with van der Waals surface area (Å²) < 4.78 is 23.2. The second kappa shape index (κ2) is 8.76. The topological polar surface area (TPSA) is 90.9 Å². The van der Waals surface area contributed by atoms with E-state index in [1.54, 1.807) is 11.8 Å². The number of carbonyl (C=O) groups is 2. The number of rotatable bonds is 6. The number of urea groups is 1. The highest BCUT2D eigenvalue weighted by Crippen LogP contribution is 2.21. The molecule has 0 atom stereocenters. The van der Waals surface area contributed by atoms with E-state index >= 15 is 0 Å². The molecule has 9 heteroatoms. The number of aromatic nitrogens is 1. The maximum absolute atomic E-state index is 12.3. The lowest BCUT2D eigenvalue weighted by Gasteiger charge is -2.26. The number of amides is 3. The van der Waals surface area contributed by atoms with Crippen LogP contribution in [0.5, 0.6) is 0 Å². The summed E-state index contributed by atoms with van der Waals surface area (Å²) in [5.74, 6) is 0.251. The Balaban J connectivity index is 1.41. The molecule has 1 aromatic heterocycles. The van der Waals surface area contributed by atoms with Crippen molar-refractivity contribution >= 4 is 21.8 Å². The summed E-state index contributed by atoms with van der Waals surface area (Å²) in [5.41, 5.74) is 3.67. The fourth-order valence-electron chi connectivity index (χ4n) is 3.90. The van der Waals surface area contributed by atoms with Gasteiger partial charge in [0.1, 0.15) is 6.54 Å². The summed E-state index contributed by atoms with van der Waals surface area (Å²) in [6.07, 6.45) is 0. The predicted octanol–water partition coefficient (Wildman–Crippen LogP) is 1.76. The van der Waals surface area contributed by atoms with Crippen LogP contribution in [0.1, 0.15) is 18.2 Å². The van der Waals surface area contributed by atoms with Gasteiger partial charge >= 0.3 is 6.03 Å². The molecule has 8 nitrogen and oxygen atoms in total.